The number of nitrogens with zero attached hydrogens (tertiary/aromatic N) is 2. The molecule has 3 nitrogen and oxygen atoms in total. The molecule has 4 rings (SSSR count). The van der Waals surface area contributed by atoms with Gasteiger partial charge in [0.2, 0.25) is 0 Å². The molecule has 0 amide bonds. The lowest BCUT2D eigenvalue weighted by molar-refractivity contribution is -0.137. The summed E-state index contributed by atoms with van der Waals surface area (Å²) >= 11 is 0. The number of nitrogens with one attached hydrogen (secondary N) is 1. The number of para-hydroxylation sites is 1. The average molecular weight is 379 g/mol. The number of anilines is 1. The minimum absolute atomic E-state index is 0.221. The molecule has 0 fully saturated rings. The summed E-state index contributed by atoms with van der Waals surface area (Å²) in [4.78, 5) is 9.22. The molecular weight excluding hydrogens is 363 g/mol. The zero-order chi connectivity index (χ0) is 19.6. The minimum atomic E-state index is -4.36. The smallest absolute Gasteiger partial charge is 0.365 e. The second-order valence-corrected chi connectivity index (χ2v) is 6.33. The summed E-state index contributed by atoms with van der Waals surface area (Å²) in [5.74, 6) is 1.15. The van der Waals surface area contributed by atoms with Crippen molar-refractivity contribution in [1.29, 1.82) is 0 Å². The van der Waals surface area contributed by atoms with Crippen LogP contribution in [0.5, 0.6) is 0 Å². The van der Waals surface area contributed by atoms with Crippen LogP contribution in [-0.4, -0.2) is 9.97 Å². The van der Waals surface area contributed by atoms with E-state index in [9.17, 15) is 13.2 Å². The molecule has 3 aromatic carbocycles. The number of aromatic nitrogens is 2. The minimum Gasteiger partial charge on any atom is -0.365 e. The summed E-state index contributed by atoms with van der Waals surface area (Å²) in [6.07, 6.45) is -4.36. The van der Waals surface area contributed by atoms with Crippen molar-refractivity contribution in [2.45, 2.75) is 12.7 Å². The number of fused-ring (bicyclic) bond motifs is 1. The number of benzene rings is 3. The van der Waals surface area contributed by atoms with Gasteiger partial charge in [0.05, 0.1) is 11.1 Å². The van der Waals surface area contributed by atoms with E-state index in [-0.39, 0.29) is 6.54 Å². The highest BCUT2D eigenvalue weighted by molar-refractivity contribution is 5.90. The van der Waals surface area contributed by atoms with Gasteiger partial charge in [0, 0.05) is 17.5 Å². The summed E-state index contributed by atoms with van der Waals surface area (Å²) < 4.78 is 38.8. The molecule has 0 aliphatic carbocycles. The molecule has 1 N–H and O–H groups in total. The normalized spacial score (nSPS) is 11.5. The highest BCUT2D eigenvalue weighted by Gasteiger charge is 2.30. The molecule has 0 bridgehead atoms. The Morgan fingerprint density at radius 3 is 2.32 bits per heavy atom. The fourth-order valence-corrected chi connectivity index (χ4v) is 2.97. The molecule has 0 spiro atoms. The Bertz CT molecular complexity index is 1110. The first-order chi connectivity index (χ1) is 13.5. The van der Waals surface area contributed by atoms with Crippen molar-refractivity contribution in [2.75, 3.05) is 5.32 Å². The molecule has 1 aromatic heterocycles. The highest BCUT2D eigenvalue weighted by Crippen LogP contribution is 2.30. The van der Waals surface area contributed by atoms with Crippen molar-refractivity contribution in [3.63, 3.8) is 0 Å². The first-order valence-corrected chi connectivity index (χ1v) is 8.73. The van der Waals surface area contributed by atoms with Crippen molar-refractivity contribution >= 4 is 16.7 Å². The third-order valence-corrected chi connectivity index (χ3v) is 4.35. The third-order valence-electron chi connectivity index (χ3n) is 4.35. The van der Waals surface area contributed by atoms with E-state index < -0.39 is 11.7 Å². The van der Waals surface area contributed by atoms with E-state index in [1.165, 1.54) is 6.07 Å². The zero-order valence-electron chi connectivity index (χ0n) is 14.7. The molecule has 28 heavy (non-hydrogen) atoms. The predicted molar refractivity (Wildman–Crippen MR) is 104 cm³/mol. The lowest BCUT2D eigenvalue weighted by atomic mass is 10.1. The molecule has 0 saturated carbocycles. The lowest BCUT2D eigenvalue weighted by Gasteiger charge is -2.12. The fraction of sp³-hybridized carbons (Fsp3) is 0.0909. The molecular formula is C22H16F3N3. The van der Waals surface area contributed by atoms with Gasteiger partial charge in [-0.2, -0.15) is 13.2 Å². The Hall–Kier alpha value is -3.41. The summed E-state index contributed by atoms with van der Waals surface area (Å²) in [6.45, 7) is 0.221. The molecule has 0 aliphatic rings. The second-order valence-electron chi connectivity index (χ2n) is 6.33. The van der Waals surface area contributed by atoms with Crippen LogP contribution >= 0.6 is 0 Å². The van der Waals surface area contributed by atoms with Gasteiger partial charge in [-0.1, -0.05) is 54.6 Å². The Balaban J connectivity index is 1.69. The number of rotatable bonds is 4. The van der Waals surface area contributed by atoms with Crippen LogP contribution in [0.15, 0.2) is 78.9 Å². The van der Waals surface area contributed by atoms with Crippen LogP contribution < -0.4 is 5.32 Å². The van der Waals surface area contributed by atoms with Crippen molar-refractivity contribution in [1.82, 2.24) is 9.97 Å². The standard InChI is InChI=1S/C22H16F3N3/c23-22(24,25)17-10-6-7-15(13-17)14-26-21-18-11-4-5-12-19(18)27-20(28-21)16-8-2-1-3-9-16/h1-13H,14H2,(H,26,27,28). The largest absolute Gasteiger partial charge is 0.416 e. The maximum absolute atomic E-state index is 12.9. The monoisotopic (exact) mass is 379 g/mol. The number of hydrogen-bond donors (Lipinski definition) is 1. The van der Waals surface area contributed by atoms with Crippen LogP contribution in [0.25, 0.3) is 22.3 Å². The Morgan fingerprint density at radius 1 is 0.786 bits per heavy atom. The van der Waals surface area contributed by atoms with Gasteiger partial charge < -0.3 is 5.32 Å². The van der Waals surface area contributed by atoms with Crippen molar-refractivity contribution in [3.05, 3.63) is 90.0 Å². The van der Waals surface area contributed by atoms with E-state index in [4.69, 9.17) is 0 Å². The zero-order valence-corrected chi connectivity index (χ0v) is 14.7. The van der Waals surface area contributed by atoms with Crippen LogP contribution in [0.2, 0.25) is 0 Å². The van der Waals surface area contributed by atoms with Gasteiger partial charge in [-0.15, -0.1) is 0 Å². The third kappa shape index (κ3) is 3.81. The van der Waals surface area contributed by atoms with Gasteiger partial charge in [-0.05, 0) is 29.8 Å². The van der Waals surface area contributed by atoms with Gasteiger partial charge in [-0.3, -0.25) is 0 Å². The predicted octanol–water partition coefficient (Wildman–Crippen LogP) is 5.93. The van der Waals surface area contributed by atoms with Gasteiger partial charge in [-0.25, -0.2) is 9.97 Å². The molecule has 0 radical (unpaired) electrons. The Kier molecular flexibility index (Phi) is 4.69. The molecule has 0 aliphatic heterocycles. The number of halogens is 3. The molecule has 4 aromatic rings. The van der Waals surface area contributed by atoms with E-state index >= 15 is 0 Å². The van der Waals surface area contributed by atoms with Gasteiger partial charge in [0.1, 0.15) is 5.82 Å². The highest BCUT2D eigenvalue weighted by atomic mass is 19.4. The first-order valence-electron chi connectivity index (χ1n) is 8.73. The van der Waals surface area contributed by atoms with Gasteiger partial charge in [0.15, 0.2) is 5.82 Å². The molecule has 0 atom stereocenters. The average Bonchev–Trinajstić information content (AvgIpc) is 2.72. The molecule has 1 heterocycles. The summed E-state index contributed by atoms with van der Waals surface area (Å²) in [7, 11) is 0. The maximum Gasteiger partial charge on any atom is 0.416 e. The molecule has 0 saturated heterocycles. The number of alkyl halides is 3. The van der Waals surface area contributed by atoms with E-state index in [2.05, 4.69) is 15.3 Å². The fourth-order valence-electron chi connectivity index (χ4n) is 2.97. The van der Waals surface area contributed by atoms with Gasteiger partial charge >= 0.3 is 6.18 Å². The Morgan fingerprint density at radius 2 is 1.54 bits per heavy atom. The number of hydrogen-bond acceptors (Lipinski definition) is 3. The summed E-state index contributed by atoms with van der Waals surface area (Å²) in [5, 5.41) is 3.99. The van der Waals surface area contributed by atoms with Crippen molar-refractivity contribution in [2.24, 2.45) is 0 Å². The SMILES string of the molecule is FC(F)(F)c1cccc(CNc2nc(-c3ccccc3)nc3ccccc23)c1. The van der Waals surface area contributed by atoms with Gasteiger partial charge in [0.25, 0.3) is 0 Å². The van der Waals surface area contributed by atoms with E-state index in [0.717, 1.165) is 28.6 Å². The topological polar surface area (TPSA) is 37.8 Å². The maximum atomic E-state index is 12.9. The lowest BCUT2D eigenvalue weighted by Crippen LogP contribution is -2.08. The Labute approximate surface area is 159 Å². The second kappa shape index (κ2) is 7.31. The van der Waals surface area contributed by atoms with E-state index in [1.807, 2.05) is 54.6 Å². The van der Waals surface area contributed by atoms with E-state index in [1.54, 1.807) is 6.07 Å². The summed E-state index contributed by atoms with van der Waals surface area (Å²) in [5.41, 5.74) is 1.50. The van der Waals surface area contributed by atoms with Crippen LogP contribution in [-0.2, 0) is 12.7 Å². The van der Waals surface area contributed by atoms with Crippen LogP contribution in [0.3, 0.4) is 0 Å². The van der Waals surface area contributed by atoms with Crippen LogP contribution in [0.1, 0.15) is 11.1 Å². The molecule has 0 unspecified atom stereocenters. The molecule has 6 heteroatoms. The van der Waals surface area contributed by atoms with Crippen molar-refractivity contribution < 1.29 is 13.2 Å². The molecule has 140 valence electrons. The first kappa shape index (κ1) is 18.0. The van der Waals surface area contributed by atoms with E-state index in [0.29, 0.717) is 17.2 Å². The van der Waals surface area contributed by atoms with Crippen LogP contribution in [0.4, 0.5) is 19.0 Å². The van der Waals surface area contributed by atoms with Crippen molar-refractivity contribution in [3.8, 4) is 11.4 Å². The quantitative estimate of drug-likeness (QED) is 0.478. The van der Waals surface area contributed by atoms with Crippen LogP contribution in [0, 0.1) is 0 Å². The summed E-state index contributed by atoms with van der Waals surface area (Å²) in [6, 6.07) is 22.4.